The summed E-state index contributed by atoms with van der Waals surface area (Å²) in [4.78, 5) is 12.8. The Morgan fingerprint density at radius 2 is 2.22 bits per heavy atom. The van der Waals surface area contributed by atoms with E-state index in [0.717, 1.165) is 27.4 Å². The fourth-order valence-corrected chi connectivity index (χ4v) is 3.70. The molecule has 1 amide bonds. The third-order valence-corrected chi connectivity index (χ3v) is 5.15. The van der Waals surface area contributed by atoms with Crippen molar-refractivity contribution in [1.29, 1.82) is 0 Å². The number of benzene rings is 1. The van der Waals surface area contributed by atoms with Crippen molar-refractivity contribution in [3.05, 3.63) is 27.5 Å². The number of carbonyl (C=O) groups excluding carboxylic acids is 1. The first kappa shape index (κ1) is 12.0. The van der Waals surface area contributed by atoms with Crippen LogP contribution in [0.4, 0.5) is 5.69 Å². The van der Waals surface area contributed by atoms with Crippen LogP contribution in [0.25, 0.3) is 10.1 Å². The summed E-state index contributed by atoms with van der Waals surface area (Å²) < 4.78 is 1.97. The van der Waals surface area contributed by atoms with Crippen LogP contribution < -0.4 is 11.1 Å². The molecule has 94 valence electrons. The van der Waals surface area contributed by atoms with Crippen molar-refractivity contribution >= 4 is 48.9 Å². The predicted molar refractivity (Wildman–Crippen MR) is 79.0 cm³/mol. The van der Waals surface area contributed by atoms with Gasteiger partial charge in [-0.2, -0.15) is 0 Å². The van der Waals surface area contributed by atoms with Crippen molar-refractivity contribution in [2.45, 2.75) is 25.3 Å². The Labute approximate surface area is 117 Å². The molecule has 1 aliphatic rings. The number of thiophene rings is 1. The minimum absolute atomic E-state index is 0.0169. The molecule has 0 aliphatic heterocycles. The number of fused-ring (bicyclic) bond motifs is 1. The Morgan fingerprint density at radius 3 is 2.83 bits per heavy atom. The van der Waals surface area contributed by atoms with Crippen LogP contribution in [0, 0.1) is 0 Å². The number of halogens is 1. The standard InChI is InChI=1S/C13H13BrN2OS/c1-13(5-6-13)16-12(17)11-10(15)9-7(14)3-2-4-8(9)18-11/h2-4H,5-6,15H2,1H3,(H,16,17). The van der Waals surface area contributed by atoms with Crippen LogP contribution in [-0.4, -0.2) is 11.4 Å². The molecule has 1 saturated carbocycles. The Hall–Kier alpha value is -1.07. The molecular formula is C13H13BrN2OS. The van der Waals surface area contributed by atoms with Crippen LogP contribution in [-0.2, 0) is 0 Å². The predicted octanol–water partition coefficient (Wildman–Crippen LogP) is 3.53. The molecule has 0 unspecified atom stereocenters. The largest absolute Gasteiger partial charge is 0.397 e. The van der Waals surface area contributed by atoms with Gasteiger partial charge in [0.25, 0.3) is 5.91 Å². The van der Waals surface area contributed by atoms with Crippen LogP contribution in [0.3, 0.4) is 0 Å². The SMILES string of the molecule is CC1(NC(=O)c2sc3cccc(Br)c3c2N)CC1. The summed E-state index contributed by atoms with van der Waals surface area (Å²) in [5.41, 5.74) is 6.66. The topological polar surface area (TPSA) is 55.1 Å². The third-order valence-electron chi connectivity index (χ3n) is 3.32. The highest BCUT2D eigenvalue weighted by molar-refractivity contribution is 9.10. The summed E-state index contributed by atoms with van der Waals surface area (Å²) >= 11 is 4.93. The molecule has 0 radical (unpaired) electrons. The van der Waals surface area contributed by atoms with Crippen molar-refractivity contribution in [2.75, 3.05) is 5.73 Å². The average molecular weight is 325 g/mol. The molecule has 3 nitrogen and oxygen atoms in total. The maximum absolute atomic E-state index is 12.2. The van der Waals surface area contributed by atoms with Gasteiger partial charge < -0.3 is 11.1 Å². The third kappa shape index (κ3) is 1.91. The van der Waals surface area contributed by atoms with E-state index in [9.17, 15) is 4.79 Å². The quantitative estimate of drug-likeness (QED) is 0.887. The zero-order chi connectivity index (χ0) is 12.9. The van der Waals surface area contributed by atoms with Gasteiger partial charge in [0.15, 0.2) is 0 Å². The summed E-state index contributed by atoms with van der Waals surface area (Å²) in [5, 5.41) is 3.98. The Balaban J connectivity index is 2.04. The van der Waals surface area contributed by atoms with E-state index >= 15 is 0 Å². The van der Waals surface area contributed by atoms with Crippen LogP contribution in [0.2, 0.25) is 0 Å². The highest BCUT2D eigenvalue weighted by Crippen LogP contribution is 2.40. The van der Waals surface area contributed by atoms with E-state index in [4.69, 9.17) is 5.73 Å². The normalized spacial score (nSPS) is 16.8. The van der Waals surface area contributed by atoms with Crippen LogP contribution in [0.5, 0.6) is 0 Å². The molecule has 1 aromatic carbocycles. The fraction of sp³-hybridized carbons (Fsp3) is 0.308. The van der Waals surface area contributed by atoms with Gasteiger partial charge in [0.05, 0.1) is 5.69 Å². The number of hydrogen-bond donors (Lipinski definition) is 2. The number of rotatable bonds is 2. The molecule has 2 aromatic rings. The number of hydrogen-bond acceptors (Lipinski definition) is 3. The van der Waals surface area contributed by atoms with E-state index in [-0.39, 0.29) is 11.4 Å². The Bertz CT molecular complexity index is 646. The lowest BCUT2D eigenvalue weighted by molar-refractivity contribution is 0.0940. The number of nitrogens with one attached hydrogen (secondary N) is 1. The highest BCUT2D eigenvalue weighted by atomic mass is 79.9. The number of nitrogen functional groups attached to an aromatic ring is 1. The number of amides is 1. The van der Waals surface area contributed by atoms with Gasteiger partial charge in [-0.05, 0) is 31.9 Å². The molecule has 1 aliphatic carbocycles. The van der Waals surface area contributed by atoms with Crippen molar-refractivity contribution in [3.63, 3.8) is 0 Å². The Kier molecular flexibility index (Phi) is 2.64. The first-order chi connectivity index (χ1) is 8.50. The second-order valence-corrected chi connectivity index (χ2v) is 6.88. The van der Waals surface area contributed by atoms with Crippen LogP contribution in [0.15, 0.2) is 22.7 Å². The van der Waals surface area contributed by atoms with E-state index in [0.29, 0.717) is 10.6 Å². The van der Waals surface area contributed by atoms with Crippen molar-refractivity contribution in [2.24, 2.45) is 0 Å². The van der Waals surface area contributed by atoms with E-state index < -0.39 is 0 Å². The highest BCUT2D eigenvalue weighted by Gasteiger charge is 2.39. The molecule has 0 spiro atoms. The molecule has 5 heteroatoms. The summed E-state index contributed by atoms with van der Waals surface area (Å²) in [6.07, 6.45) is 2.10. The lowest BCUT2D eigenvalue weighted by Gasteiger charge is -2.10. The summed E-state index contributed by atoms with van der Waals surface area (Å²) in [6.45, 7) is 2.06. The lowest BCUT2D eigenvalue weighted by atomic mass is 10.2. The average Bonchev–Trinajstić information content (AvgIpc) is 2.91. The second kappa shape index (κ2) is 3.96. The summed E-state index contributed by atoms with van der Waals surface area (Å²) in [6, 6.07) is 5.87. The number of anilines is 1. The lowest BCUT2D eigenvalue weighted by Crippen LogP contribution is -2.34. The van der Waals surface area contributed by atoms with E-state index in [1.54, 1.807) is 0 Å². The first-order valence-electron chi connectivity index (χ1n) is 5.79. The van der Waals surface area contributed by atoms with E-state index in [2.05, 4.69) is 28.2 Å². The van der Waals surface area contributed by atoms with Crippen molar-refractivity contribution in [3.8, 4) is 0 Å². The van der Waals surface area contributed by atoms with Gasteiger partial charge in [-0.3, -0.25) is 4.79 Å². The molecule has 1 fully saturated rings. The number of carbonyl (C=O) groups is 1. The van der Waals surface area contributed by atoms with Gasteiger partial charge >= 0.3 is 0 Å². The monoisotopic (exact) mass is 324 g/mol. The van der Waals surface area contributed by atoms with Gasteiger partial charge in [-0.15, -0.1) is 11.3 Å². The summed E-state index contributed by atoms with van der Waals surface area (Å²) in [5.74, 6) is -0.0550. The molecule has 0 saturated heterocycles. The van der Waals surface area contributed by atoms with E-state index in [1.165, 1.54) is 11.3 Å². The number of nitrogens with two attached hydrogens (primary N) is 1. The molecule has 18 heavy (non-hydrogen) atoms. The minimum Gasteiger partial charge on any atom is -0.397 e. The smallest absolute Gasteiger partial charge is 0.263 e. The van der Waals surface area contributed by atoms with Crippen molar-refractivity contribution in [1.82, 2.24) is 5.32 Å². The molecule has 0 atom stereocenters. The maximum atomic E-state index is 12.2. The molecule has 3 N–H and O–H groups in total. The maximum Gasteiger partial charge on any atom is 0.263 e. The van der Waals surface area contributed by atoms with Crippen LogP contribution >= 0.6 is 27.3 Å². The Morgan fingerprint density at radius 1 is 1.50 bits per heavy atom. The van der Waals surface area contributed by atoms with Gasteiger partial charge in [-0.25, -0.2) is 0 Å². The second-order valence-electron chi connectivity index (χ2n) is 4.97. The fourth-order valence-electron chi connectivity index (χ4n) is 1.94. The van der Waals surface area contributed by atoms with Gasteiger partial charge in [0.2, 0.25) is 0 Å². The zero-order valence-corrected chi connectivity index (χ0v) is 12.3. The molecule has 1 heterocycles. The van der Waals surface area contributed by atoms with Gasteiger partial charge in [-0.1, -0.05) is 22.0 Å². The molecular weight excluding hydrogens is 312 g/mol. The minimum atomic E-state index is -0.0550. The van der Waals surface area contributed by atoms with Gasteiger partial charge in [0, 0.05) is 20.1 Å². The van der Waals surface area contributed by atoms with Crippen molar-refractivity contribution < 1.29 is 4.79 Å². The molecule has 1 aromatic heterocycles. The first-order valence-corrected chi connectivity index (χ1v) is 7.40. The summed E-state index contributed by atoms with van der Waals surface area (Å²) in [7, 11) is 0. The zero-order valence-electron chi connectivity index (χ0n) is 9.92. The van der Waals surface area contributed by atoms with Crippen LogP contribution in [0.1, 0.15) is 29.4 Å². The van der Waals surface area contributed by atoms with E-state index in [1.807, 2.05) is 18.2 Å². The van der Waals surface area contributed by atoms with Gasteiger partial charge in [0.1, 0.15) is 4.88 Å². The molecule has 3 rings (SSSR count). The molecule has 0 bridgehead atoms.